The molecule has 2 aromatic rings. The molecule has 0 saturated carbocycles. The van der Waals surface area contributed by atoms with Crippen molar-refractivity contribution < 1.29 is 14.2 Å². The molecule has 2 rings (SSSR count). The van der Waals surface area contributed by atoms with E-state index in [1.807, 2.05) is 64.3 Å². The highest BCUT2D eigenvalue weighted by atomic mass is 127. The number of anilines is 1. The quantitative estimate of drug-likeness (QED) is 0.264. The molecule has 1 atom stereocenters. The number of ether oxygens (including phenoxy) is 3. The Kier molecular flexibility index (Phi) is 12.1. The maximum atomic E-state index is 5.60. The standard InChI is InChI=1S/C23H34N4O3.HI/c1-7-24-23(26-17-13-14-21(30-8-2)22(15-17)29-6)25-16-19(27(3)4)18-11-9-10-12-20(18)28-5;/h9-15,19H,7-8,16H2,1-6H3,(H2,24,25,26);1H. The highest BCUT2D eigenvalue weighted by molar-refractivity contribution is 14.0. The van der Waals surface area contributed by atoms with E-state index in [1.54, 1.807) is 14.2 Å². The molecule has 0 aliphatic carbocycles. The fourth-order valence-corrected chi connectivity index (χ4v) is 3.12. The van der Waals surface area contributed by atoms with Crippen LogP contribution in [-0.2, 0) is 0 Å². The van der Waals surface area contributed by atoms with Gasteiger partial charge in [-0.2, -0.15) is 0 Å². The van der Waals surface area contributed by atoms with Gasteiger partial charge in [-0.1, -0.05) is 18.2 Å². The Morgan fingerprint density at radius 3 is 2.32 bits per heavy atom. The minimum atomic E-state index is 0. The maximum absolute atomic E-state index is 5.60. The van der Waals surface area contributed by atoms with E-state index in [0.717, 1.165) is 29.3 Å². The summed E-state index contributed by atoms with van der Waals surface area (Å²) in [6.07, 6.45) is 0. The molecule has 0 aliphatic heterocycles. The van der Waals surface area contributed by atoms with Crippen LogP contribution in [0.5, 0.6) is 17.2 Å². The van der Waals surface area contributed by atoms with E-state index in [0.29, 0.717) is 24.9 Å². The van der Waals surface area contributed by atoms with Crippen molar-refractivity contribution in [1.29, 1.82) is 0 Å². The summed E-state index contributed by atoms with van der Waals surface area (Å²) in [6.45, 7) is 5.89. The van der Waals surface area contributed by atoms with Crippen LogP contribution in [-0.4, -0.2) is 58.9 Å². The number of hydrogen-bond acceptors (Lipinski definition) is 5. The number of aliphatic imine (C=N–C) groups is 1. The Morgan fingerprint density at radius 2 is 1.71 bits per heavy atom. The highest BCUT2D eigenvalue weighted by Crippen LogP contribution is 2.30. The molecule has 0 radical (unpaired) electrons. The van der Waals surface area contributed by atoms with Crippen molar-refractivity contribution in [3.63, 3.8) is 0 Å². The molecule has 0 aliphatic rings. The average molecular weight is 542 g/mol. The number of guanidine groups is 1. The minimum Gasteiger partial charge on any atom is -0.496 e. The van der Waals surface area contributed by atoms with Crippen LogP contribution in [0.2, 0.25) is 0 Å². The molecule has 0 aromatic heterocycles. The number of likely N-dealkylation sites (N-methyl/N-ethyl adjacent to an activating group) is 1. The number of methoxy groups -OCH3 is 2. The number of rotatable bonds is 10. The summed E-state index contributed by atoms with van der Waals surface area (Å²) in [7, 11) is 7.42. The number of nitrogens with one attached hydrogen (secondary N) is 2. The zero-order valence-electron chi connectivity index (χ0n) is 19.3. The molecule has 8 heteroatoms. The van der Waals surface area contributed by atoms with E-state index in [9.17, 15) is 0 Å². The van der Waals surface area contributed by atoms with E-state index < -0.39 is 0 Å². The Bertz CT molecular complexity index is 830. The number of hydrogen-bond donors (Lipinski definition) is 2. The third kappa shape index (κ3) is 7.77. The summed E-state index contributed by atoms with van der Waals surface area (Å²) >= 11 is 0. The first-order valence-electron chi connectivity index (χ1n) is 10.2. The molecule has 2 N–H and O–H groups in total. The summed E-state index contributed by atoms with van der Waals surface area (Å²) in [5.74, 6) is 2.96. The van der Waals surface area contributed by atoms with Gasteiger partial charge in [0, 0.05) is 23.9 Å². The van der Waals surface area contributed by atoms with Gasteiger partial charge in [0.1, 0.15) is 5.75 Å². The van der Waals surface area contributed by atoms with Gasteiger partial charge < -0.3 is 29.7 Å². The third-order valence-corrected chi connectivity index (χ3v) is 4.61. The van der Waals surface area contributed by atoms with E-state index in [4.69, 9.17) is 19.2 Å². The number of benzene rings is 2. The molecule has 31 heavy (non-hydrogen) atoms. The fourth-order valence-electron chi connectivity index (χ4n) is 3.12. The predicted molar refractivity (Wildman–Crippen MR) is 139 cm³/mol. The Hall–Kier alpha value is -2.20. The molecule has 0 spiro atoms. The van der Waals surface area contributed by atoms with Gasteiger partial charge in [0.25, 0.3) is 0 Å². The van der Waals surface area contributed by atoms with Crippen LogP contribution in [0.15, 0.2) is 47.5 Å². The van der Waals surface area contributed by atoms with Crippen LogP contribution in [0.25, 0.3) is 0 Å². The molecular weight excluding hydrogens is 507 g/mol. The van der Waals surface area contributed by atoms with Gasteiger partial charge in [-0.15, -0.1) is 24.0 Å². The lowest BCUT2D eigenvalue weighted by molar-refractivity contribution is 0.295. The van der Waals surface area contributed by atoms with Gasteiger partial charge >= 0.3 is 0 Å². The van der Waals surface area contributed by atoms with Gasteiger partial charge in [-0.05, 0) is 46.1 Å². The van der Waals surface area contributed by atoms with Crippen LogP contribution >= 0.6 is 24.0 Å². The van der Waals surface area contributed by atoms with Crippen molar-refractivity contribution in [2.24, 2.45) is 4.99 Å². The molecule has 0 bridgehead atoms. The number of para-hydroxylation sites is 1. The van der Waals surface area contributed by atoms with Crippen LogP contribution < -0.4 is 24.8 Å². The van der Waals surface area contributed by atoms with Crippen LogP contribution in [0.4, 0.5) is 5.69 Å². The van der Waals surface area contributed by atoms with Gasteiger partial charge in [-0.3, -0.25) is 4.99 Å². The fraction of sp³-hybridized carbons (Fsp3) is 0.435. The van der Waals surface area contributed by atoms with Crippen molar-refractivity contribution in [2.75, 3.05) is 53.3 Å². The summed E-state index contributed by atoms with van der Waals surface area (Å²) in [5.41, 5.74) is 1.97. The first kappa shape index (κ1) is 26.8. The van der Waals surface area contributed by atoms with Crippen LogP contribution in [0.3, 0.4) is 0 Å². The second kappa shape index (κ2) is 14.0. The average Bonchev–Trinajstić information content (AvgIpc) is 2.75. The zero-order chi connectivity index (χ0) is 21.9. The van der Waals surface area contributed by atoms with Gasteiger partial charge in [0.15, 0.2) is 17.5 Å². The Labute approximate surface area is 203 Å². The molecule has 7 nitrogen and oxygen atoms in total. The molecule has 0 fully saturated rings. The first-order valence-corrected chi connectivity index (χ1v) is 10.2. The summed E-state index contributed by atoms with van der Waals surface area (Å²) < 4.78 is 16.6. The summed E-state index contributed by atoms with van der Waals surface area (Å²) in [6, 6.07) is 13.9. The maximum Gasteiger partial charge on any atom is 0.195 e. The van der Waals surface area contributed by atoms with E-state index in [-0.39, 0.29) is 30.0 Å². The summed E-state index contributed by atoms with van der Waals surface area (Å²) in [5, 5.41) is 6.65. The molecule has 0 saturated heterocycles. The lowest BCUT2D eigenvalue weighted by atomic mass is 10.0. The van der Waals surface area contributed by atoms with Crippen molar-refractivity contribution in [2.45, 2.75) is 19.9 Å². The third-order valence-electron chi connectivity index (χ3n) is 4.61. The topological polar surface area (TPSA) is 67.4 Å². The Balaban J connectivity index is 0.00000480. The van der Waals surface area contributed by atoms with Crippen LogP contribution in [0.1, 0.15) is 25.5 Å². The minimum absolute atomic E-state index is 0. The lowest BCUT2D eigenvalue weighted by Crippen LogP contribution is -2.32. The molecule has 172 valence electrons. The van der Waals surface area contributed by atoms with Gasteiger partial charge in [-0.25, -0.2) is 0 Å². The van der Waals surface area contributed by atoms with E-state index >= 15 is 0 Å². The second-order valence-corrected chi connectivity index (χ2v) is 6.86. The SMILES string of the molecule is CCNC(=NCC(c1ccccc1OC)N(C)C)Nc1ccc(OCC)c(OC)c1.I. The number of halogens is 1. The van der Waals surface area contributed by atoms with E-state index in [1.165, 1.54) is 0 Å². The van der Waals surface area contributed by atoms with Gasteiger partial charge in [0.2, 0.25) is 0 Å². The van der Waals surface area contributed by atoms with E-state index in [2.05, 4.69) is 21.6 Å². The molecule has 1 unspecified atom stereocenters. The second-order valence-electron chi connectivity index (χ2n) is 6.86. The highest BCUT2D eigenvalue weighted by Gasteiger charge is 2.18. The van der Waals surface area contributed by atoms with Crippen molar-refractivity contribution in [3.8, 4) is 17.2 Å². The van der Waals surface area contributed by atoms with Crippen molar-refractivity contribution in [3.05, 3.63) is 48.0 Å². The van der Waals surface area contributed by atoms with Crippen LogP contribution in [0, 0.1) is 0 Å². The van der Waals surface area contributed by atoms with Crippen molar-refractivity contribution >= 4 is 35.6 Å². The lowest BCUT2D eigenvalue weighted by Gasteiger charge is -2.25. The normalized spacial score (nSPS) is 12.0. The van der Waals surface area contributed by atoms with Gasteiger partial charge in [0.05, 0.1) is 33.4 Å². The number of nitrogens with zero attached hydrogens (tertiary/aromatic N) is 2. The first-order chi connectivity index (χ1) is 14.5. The zero-order valence-corrected chi connectivity index (χ0v) is 21.6. The Morgan fingerprint density at radius 1 is 1.00 bits per heavy atom. The monoisotopic (exact) mass is 542 g/mol. The molecule has 0 heterocycles. The molecular formula is C23H35IN4O3. The predicted octanol–water partition coefficient (Wildman–Crippen LogP) is 4.40. The molecule has 2 aromatic carbocycles. The summed E-state index contributed by atoms with van der Waals surface area (Å²) in [4.78, 5) is 6.97. The van der Waals surface area contributed by atoms with Crippen molar-refractivity contribution in [1.82, 2.24) is 10.2 Å². The molecule has 0 amide bonds. The largest absolute Gasteiger partial charge is 0.496 e. The smallest absolute Gasteiger partial charge is 0.195 e.